The number of benzene rings is 2. The van der Waals surface area contributed by atoms with Gasteiger partial charge in [-0.05, 0) is 43.3 Å². The van der Waals surface area contributed by atoms with Crippen LogP contribution in [0.25, 0.3) is 0 Å². The van der Waals surface area contributed by atoms with Crippen molar-refractivity contribution < 1.29 is 23.9 Å². The van der Waals surface area contributed by atoms with Crippen molar-refractivity contribution >= 4 is 29.2 Å². The second kappa shape index (κ2) is 9.89. The Bertz CT molecular complexity index is 885. The molecule has 1 heterocycles. The van der Waals surface area contributed by atoms with Gasteiger partial charge in [-0.2, -0.15) is 0 Å². The predicted octanol–water partition coefficient (Wildman–Crippen LogP) is 2.90. The number of ether oxygens (including phenoxy) is 2. The summed E-state index contributed by atoms with van der Waals surface area (Å²) in [6, 6.07) is 14.3. The van der Waals surface area contributed by atoms with Crippen molar-refractivity contribution in [1.29, 1.82) is 0 Å². The van der Waals surface area contributed by atoms with Gasteiger partial charge in [-0.25, -0.2) is 9.69 Å². The van der Waals surface area contributed by atoms with E-state index in [2.05, 4.69) is 5.32 Å². The van der Waals surface area contributed by atoms with Crippen molar-refractivity contribution in [2.45, 2.75) is 19.4 Å². The number of hydrogen-bond donors (Lipinski definition) is 1. The van der Waals surface area contributed by atoms with Gasteiger partial charge in [-0.15, -0.1) is 0 Å². The van der Waals surface area contributed by atoms with Crippen LogP contribution in [0.2, 0.25) is 0 Å². The summed E-state index contributed by atoms with van der Waals surface area (Å²) in [4.78, 5) is 41.0. The molecule has 1 N–H and O–H groups in total. The second-order valence-corrected chi connectivity index (χ2v) is 6.70. The molecule has 1 aliphatic rings. The van der Waals surface area contributed by atoms with Gasteiger partial charge < -0.3 is 19.7 Å². The standard InChI is InChI=1S/C22H25N3O5/c1-3-30-18-11-9-16(10-12-18)23-20(26)15-19-21(27)25(17-7-5-4-6-8-17)22(28)24(19)13-14-29-2/h4-12,19H,3,13-15H2,1-2H3,(H,23,26)/t19-/m0/s1. The van der Waals surface area contributed by atoms with Crippen LogP contribution >= 0.6 is 0 Å². The number of anilines is 2. The molecule has 3 rings (SSSR count). The summed E-state index contributed by atoms with van der Waals surface area (Å²) in [5.41, 5.74) is 1.06. The number of amides is 4. The molecular formula is C22H25N3O5. The molecule has 1 atom stereocenters. The molecule has 8 heteroatoms. The Labute approximate surface area is 175 Å². The van der Waals surface area contributed by atoms with E-state index in [1.807, 2.05) is 6.92 Å². The van der Waals surface area contributed by atoms with Crippen LogP contribution in [-0.4, -0.2) is 55.7 Å². The number of para-hydroxylation sites is 1. The van der Waals surface area contributed by atoms with Crippen molar-refractivity contribution in [2.75, 3.05) is 37.1 Å². The van der Waals surface area contributed by atoms with Crippen LogP contribution in [0.4, 0.5) is 16.2 Å². The lowest BCUT2D eigenvalue weighted by molar-refractivity contribution is -0.124. The highest BCUT2D eigenvalue weighted by atomic mass is 16.5. The lowest BCUT2D eigenvalue weighted by atomic mass is 10.1. The first-order valence-corrected chi connectivity index (χ1v) is 9.76. The first-order chi connectivity index (χ1) is 14.5. The predicted molar refractivity (Wildman–Crippen MR) is 113 cm³/mol. The Morgan fingerprint density at radius 2 is 1.77 bits per heavy atom. The molecule has 8 nitrogen and oxygen atoms in total. The van der Waals surface area contributed by atoms with Gasteiger partial charge in [-0.3, -0.25) is 9.59 Å². The van der Waals surface area contributed by atoms with Gasteiger partial charge in [0.15, 0.2) is 0 Å². The third-order valence-electron chi connectivity index (χ3n) is 4.70. The van der Waals surface area contributed by atoms with Gasteiger partial charge in [-0.1, -0.05) is 18.2 Å². The van der Waals surface area contributed by atoms with Gasteiger partial charge in [0, 0.05) is 19.3 Å². The molecule has 0 unspecified atom stereocenters. The average molecular weight is 411 g/mol. The molecule has 2 aromatic rings. The Morgan fingerprint density at radius 3 is 2.40 bits per heavy atom. The summed E-state index contributed by atoms with van der Waals surface area (Å²) in [5, 5.41) is 2.77. The fraction of sp³-hybridized carbons (Fsp3) is 0.318. The van der Waals surface area contributed by atoms with Crippen molar-refractivity contribution in [3.05, 3.63) is 54.6 Å². The number of carbonyl (C=O) groups excluding carboxylic acids is 3. The van der Waals surface area contributed by atoms with Crippen LogP contribution < -0.4 is 15.0 Å². The van der Waals surface area contributed by atoms with Gasteiger partial charge in [0.2, 0.25) is 5.91 Å². The van der Waals surface area contributed by atoms with Gasteiger partial charge >= 0.3 is 6.03 Å². The number of urea groups is 1. The molecular weight excluding hydrogens is 386 g/mol. The summed E-state index contributed by atoms with van der Waals surface area (Å²) in [6.45, 7) is 2.92. The van der Waals surface area contributed by atoms with E-state index in [9.17, 15) is 14.4 Å². The van der Waals surface area contributed by atoms with Crippen molar-refractivity contribution in [3.63, 3.8) is 0 Å². The van der Waals surface area contributed by atoms with Gasteiger partial charge in [0.1, 0.15) is 11.8 Å². The maximum atomic E-state index is 13.0. The molecule has 30 heavy (non-hydrogen) atoms. The first kappa shape index (κ1) is 21.3. The highest BCUT2D eigenvalue weighted by Gasteiger charge is 2.46. The number of hydrogen-bond acceptors (Lipinski definition) is 5. The largest absolute Gasteiger partial charge is 0.494 e. The molecule has 2 aromatic carbocycles. The Hall–Kier alpha value is -3.39. The minimum atomic E-state index is -0.893. The van der Waals surface area contributed by atoms with Gasteiger partial charge in [0.25, 0.3) is 5.91 Å². The third kappa shape index (κ3) is 4.77. The van der Waals surface area contributed by atoms with E-state index in [0.717, 1.165) is 4.90 Å². The fourth-order valence-electron chi connectivity index (χ4n) is 3.28. The summed E-state index contributed by atoms with van der Waals surface area (Å²) >= 11 is 0. The molecule has 0 aromatic heterocycles. The van der Waals surface area contributed by atoms with Crippen LogP contribution in [0.3, 0.4) is 0 Å². The van der Waals surface area contributed by atoms with E-state index in [0.29, 0.717) is 23.7 Å². The van der Waals surface area contributed by atoms with Crippen LogP contribution in [0.5, 0.6) is 5.75 Å². The zero-order chi connectivity index (χ0) is 21.5. The van der Waals surface area contributed by atoms with E-state index in [1.165, 1.54) is 12.0 Å². The van der Waals surface area contributed by atoms with Crippen molar-refractivity contribution in [1.82, 2.24) is 4.90 Å². The molecule has 0 saturated carbocycles. The zero-order valence-corrected chi connectivity index (χ0v) is 17.0. The fourth-order valence-corrected chi connectivity index (χ4v) is 3.28. The summed E-state index contributed by atoms with van der Waals surface area (Å²) in [6.07, 6.45) is -0.148. The molecule has 0 spiro atoms. The quantitative estimate of drug-likeness (QED) is 0.641. The molecule has 1 saturated heterocycles. The van der Waals surface area contributed by atoms with Crippen molar-refractivity contribution in [3.8, 4) is 5.75 Å². The van der Waals surface area contributed by atoms with E-state index < -0.39 is 18.0 Å². The maximum Gasteiger partial charge on any atom is 0.332 e. The first-order valence-electron chi connectivity index (χ1n) is 9.76. The van der Waals surface area contributed by atoms with Crippen molar-refractivity contribution in [2.24, 2.45) is 0 Å². The number of methoxy groups -OCH3 is 1. The lowest BCUT2D eigenvalue weighted by Gasteiger charge is -2.21. The minimum Gasteiger partial charge on any atom is -0.494 e. The Morgan fingerprint density at radius 1 is 1.07 bits per heavy atom. The maximum absolute atomic E-state index is 13.0. The molecule has 0 aliphatic carbocycles. The SMILES string of the molecule is CCOc1ccc(NC(=O)C[C@H]2C(=O)N(c3ccccc3)C(=O)N2CCOC)cc1. The lowest BCUT2D eigenvalue weighted by Crippen LogP contribution is -2.39. The molecule has 158 valence electrons. The summed E-state index contributed by atoms with van der Waals surface area (Å²) < 4.78 is 10.5. The highest BCUT2D eigenvalue weighted by molar-refractivity contribution is 6.22. The number of rotatable bonds is 9. The Kier molecular flexibility index (Phi) is 7.03. The topological polar surface area (TPSA) is 88.2 Å². The number of nitrogens with one attached hydrogen (secondary N) is 1. The smallest absolute Gasteiger partial charge is 0.332 e. The van der Waals surface area contributed by atoms with E-state index >= 15 is 0 Å². The zero-order valence-electron chi connectivity index (χ0n) is 17.0. The van der Waals surface area contributed by atoms with Crippen LogP contribution in [0, 0.1) is 0 Å². The number of imide groups is 1. The molecule has 1 fully saturated rings. The van der Waals surface area contributed by atoms with E-state index in [1.54, 1.807) is 54.6 Å². The normalized spacial score (nSPS) is 16.1. The Balaban J connectivity index is 1.73. The molecule has 1 aliphatic heterocycles. The average Bonchev–Trinajstić information content (AvgIpc) is 2.98. The highest BCUT2D eigenvalue weighted by Crippen LogP contribution is 2.27. The van der Waals surface area contributed by atoms with E-state index in [4.69, 9.17) is 9.47 Å². The molecule has 0 bridgehead atoms. The monoisotopic (exact) mass is 411 g/mol. The third-order valence-corrected chi connectivity index (χ3v) is 4.70. The molecule has 4 amide bonds. The number of nitrogens with zero attached hydrogens (tertiary/aromatic N) is 2. The second-order valence-electron chi connectivity index (χ2n) is 6.70. The van der Waals surface area contributed by atoms with Crippen LogP contribution in [0.1, 0.15) is 13.3 Å². The van der Waals surface area contributed by atoms with Crippen LogP contribution in [-0.2, 0) is 14.3 Å². The van der Waals surface area contributed by atoms with E-state index in [-0.39, 0.29) is 25.5 Å². The molecule has 0 radical (unpaired) electrons. The summed E-state index contributed by atoms with van der Waals surface area (Å²) in [5.74, 6) is -0.0805. The minimum absolute atomic E-state index is 0.148. The number of carbonyl (C=O) groups is 3. The van der Waals surface area contributed by atoms with Crippen LogP contribution in [0.15, 0.2) is 54.6 Å². The summed E-state index contributed by atoms with van der Waals surface area (Å²) in [7, 11) is 1.52. The van der Waals surface area contributed by atoms with Gasteiger partial charge in [0.05, 0.1) is 25.3 Å².